The van der Waals surface area contributed by atoms with Crippen molar-refractivity contribution in [3.8, 4) is 5.75 Å². The molecule has 4 rings (SSSR count). The molecule has 2 saturated heterocycles. The smallest absolute Gasteiger partial charge is 0.407 e. The standard InChI is InChI=1S/C21H28N4O4/c26-21(27)25-7-4-16(5-8-25)20-18-3-2-17(14-19(18)22-15-23-20)29-11-1-6-24-9-12-28-13-10-24/h2-3,14-16H,1,4-13H2,(H,26,27). The molecular weight excluding hydrogens is 372 g/mol. The van der Waals surface area contributed by atoms with Gasteiger partial charge in [-0.25, -0.2) is 14.8 Å². The first-order valence-corrected chi connectivity index (χ1v) is 10.4. The molecule has 8 heteroatoms. The lowest BCUT2D eigenvalue weighted by Gasteiger charge is -2.30. The Morgan fingerprint density at radius 3 is 2.72 bits per heavy atom. The summed E-state index contributed by atoms with van der Waals surface area (Å²) in [5.41, 5.74) is 1.89. The first-order chi connectivity index (χ1) is 14.2. The Bertz CT molecular complexity index is 833. The van der Waals surface area contributed by atoms with E-state index >= 15 is 0 Å². The van der Waals surface area contributed by atoms with Crippen molar-refractivity contribution in [2.24, 2.45) is 0 Å². The van der Waals surface area contributed by atoms with Gasteiger partial charge in [0.05, 0.1) is 31.0 Å². The van der Waals surface area contributed by atoms with E-state index in [2.05, 4.69) is 14.9 Å². The second-order valence-electron chi connectivity index (χ2n) is 7.64. The maximum absolute atomic E-state index is 11.1. The van der Waals surface area contributed by atoms with E-state index in [1.54, 1.807) is 6.33 Å². The summed E-state index contributed by atoms with van der Waals surface area (Å²) in [4.78, 5) is 24.0. The van der Waals surface area contributed by atoms with Crippen LogP contribution < -0.4 is 4.74 Å². The van der Waals surface area contributed by atoms with Gasteiger partial charge in [0, 0.05) is 50.1 Å². The first-order valence-electron chi connectivity index (χ1n) is 10.4. The highest BCUT2D eigenvalue weighted by Gasteiger charge is 2.25. The number of morpholine rings is 1. The molecule has 156 valence electrons. The monoisotopic (exact) mass is 400 g/mol. The van der Waals surface area contributed by atoms with Crippen LogP contribution in [-0.2, 0) is 4.74 Å². The first kappa shape index (κ1) is 19.8. The lowest BCUT2D eigenvalue weighted by Crippen LogP contribution is -2.37. The maximum Gasteiger partial charge on any atom is 0.407 e. The van der Waals surface area contributed by atoms with E-state index in [4.69, 9.17) is 14.6 Å². The zero-order valence-corrected chi connectivity index (χ0v) is 16.6. The molecule has 2 aliphatic heterocycles. The zero-order valence-electron chi connectivity index (χ0n) is 16.6. The molecule has 2 aliphatic rings. The minimum atomic E-state index is -0.841. The van der Waals surface area contributed by atoms with Crippen molar-refractivity contribution in [2.75, 3.05) is 52.5 Å². The molecule has 0 atom stereocenters. The number of amides is 1. The molecule has 0 bridgehead atoms. The number of fused-ring (bicyclic) bond motifs is 1. The fourth-order valence-electron chi connectivity index (χ4n) is 4.12. The molecule has 2 fully saturated rings. The van der Waals surface area contributed by atoms with Crippen LogP contribution in [0, 0.1) is 0 Å². The van der Waals surface area contributed by atoms with E-state index in [1.807, 2.05) is 18.2 Å². The van der Waals surface area contributed by atoms with Crippen molar-refractivity contribution in [2.45, 2.75) is 25.2 Å². The quantitative estimate of drug-likeness (QED) is 0.746. The summed E-state index contributed by atoms with van der Waals surface area (Å²) in [6.07, 6.45) is 3.32. The summed E-state index contributed by atoms with van der Waals surface area (Å²) in [6.45, 7) is 6.45. The van der Waals surface area contributed by atoms with Gasteiger partial charge in [0.25, 0.3) is 0 Å². The molecule has 0 spiro atoms. The third kappa shape index (κ3) is 4.94. The molecule has 0 radical (unpaired) electrons. The average molecular weight is 400 g/mol. The van der Waals surface area contributed by atoms with Crippen molar-refractivity contribution >= 4 is 17.0 Å². The molecule has 2 aromatic rings. The van der Waals surface area contributed by atoms with Gasteiger partial charge in [-0.2, -0.15) is 0 Å². The maximum atomic E-state index is 11.1. The molecule has 1 amide bonds. The van der Waals surface area contributed by atoms with Crippen molar-refractivity contribution in [3.05, 3.63) is 30.2 Å². The minimum absolute atomic E-state index is 0.261. The lowest BCUT2D eigenvalue weighted by molar-refractivity contribution is 0.0358. The minimum Gasteiger partial charge on any atom is -0.493 e. The molecule has 1 aromatic carbocycles. The zero-order chi connectivity index (χ0) is 20.1. The highest BCUT2D eigenvalue weighted by atomic mass is 16.5. The number of aromatic nitrogens is 2. The molecule has 0 aliphatic carbocycles. The summed E-state index contributed by atoms with van der Waals surface area (Å²) in [6, 6.07) is 5.99. The Labute approximate surface area is 170 Å². The van der Waals surface area contributed by atoms with Crippen LogP contribution in [0.15, 0.2) is 24.5 Å². The Morgan fingerprint density at radius 1 is 1.17 bits per heavy atom. The number of hydrogen-bond donors (Lipinski definition) is 1. The van der Waals surface area contributed by atoms with E-state index in [0.717, 1.165) is 74.5 Å². The third-order valence-electron chi connectivity index (χ3n) is 5.78. The number of ether oxygens (including phenoxy) is 2. The predicted molar refractivity (Wildman–Crippen MR) is 108 cm³/mol. The van der Waals surface area contributed by atoms with E-state index in [0.29, 0.717) is 19.7 Å². The Kier molecular flexibility index (Phi) is 6.41. The van der Waals surface area contributed by atoms with Crippen LogP contribution in [0.3, 0.4) is 0 Å². The number of rotatable bonds is 6. The van der Waals surface area contributed by atoms with Crippen LogP contribution in [0.4, 0.5) is 4.79 Å². The summed E-state index contributed by atoms with van der Waals surface area (Å²) < 4.78 is 11.3. The van der Waals surface area contributed by atoms with Crippen molar-refractivity contribution < 1.29 is 19.4 Å². The van der Waals surface area contributed by atoms with Crippen LogP contribution in [0.5, 0.6) is 5.75 Å². The Hall–Kier alpha value is -2.45. The molecule has 8 nitrogen and oxygen atoms in total. The number of nitrogens with zero attached hydrogens (tertiary/aromatic N) is 4. The molecule has 1 N–H and O–H groups in total. The molecule has 0 unspecified atom stereocenters. The Balaban J connectivity index is 1.35. The van der Waals surface area contributed by atoms with Gasteiger partial charge in [0.15, 0.2) is 0 Å². The molecule has 0 saturated carbocycles. The van der Waals surface area contributed by atoms with Gasteiger partial charge in [-0.05, 0) is 31.4 Å². The number of piperidine rings is 1. The van der Waals surface area contributed by atoms with Gasteiger partial charge in [-0.15, -0.1) is 0 Å². The van der Waals surface area contributed by atoms with Crippen LogP contribution in [0.1, 0.15) is 30.9 Å². The number of carbonyl (C=O) groups is 1. The van der Waals surface area contributed by atoms with Crippen LogP contribution in [0.2, 0.25) is 0 Å². The second kappa shape index (κ2) is 9.37. The van der Waals surface area contributed by atoms with Gasteiger partial charge in [0.2, 0.25) is 0 Å². The summed E-state index contributed by atoms with van der Waals surface area (Å²) in [5, 5.41) is 10.2. The van der Waals surface area contributed by atoms with Gasteiger partial charge >= 0.3 is 6.09 Å². The highest BCUT2D eigenvalue weighted by molar-refractivity contribution is 5.82. The topological polar surface area (TPSA) is 88.0 Å². The number of likely N-dealkylation sites (tertiary alicyclic amines) is 1. The highest BCUT2D eigenvalue weighted by Crippen LogP contribution is 2.32. The van der Waals surface area contributed by atoms with Gasteiger partial charge in [-0.3, -0.25) is 4.90 Å². The fraction of sp³-hybridized carbons (Fsp3) is 0.571. The third-order valence-corrected chi connectivity index (χ3v) is 5.78. The molecule has 29 heavy (non-hydrogen) atoms. The van der Waals surface area contributed by atoms with Crippen molar-refractivity contribution in [3.63, 3.8) is 0 Å². The van der Waals surface area contributed by atoms with Gasteiger partial charge in [-0.1, -0.05) is 0 Å². The van der Waals surface area contributed by atoms with E-state index in [1.165, 1.54) is 4.90 Å². The van der Waals surface area contributed by atoms with Crippen LogP contribution >= 0.6 is 0 Å². The SMILES string of the molecule is O=C(O)N1CCC(c2ncnc3cc(OCCCN4CCOCC4)ccc23)CC1. The van der Waals surface area contributed by atoms with E-state index < -0.39 is 6.09 Å². The second-order valence-corrected chi connectivity index (χ2v) is 7.64. The number of benzene rings is 1. The van der Waals surface area contributed by atoms with Crippen molar-refractivity contribution in [1.82, 2.24) is 19.8 Å². The summed E-state index contributed by atoms with van der Waals surface area (Å²) in [7, 11) is 0. The summed E-state index contributed by atoms with van der Waals surface area (Å²) >= 11 is 0. The Morgan fingerprint density at radius 2 is 1.97 bits per heavy atom. The largest absolute Gasteiger partial charge is 0.493 e. The number of carboxylic acid groups (broad SMARTS) is 1. The predicted octanol–water partition coefficient (Wildman–Crippen LogP) is 2.59. The number of hydrogen-bond acceptors (Lipinski definition) is 6. The summed E-state index contributed by atoms with van der Waals surface area (Å²) in [5.74, 6) is 1.08. The molecule has 3 heterocycles. The normalized spacial score (nSPS) is 18.8. The van der Waals surface area contributed by atoms with E-state index in [-0.39, 0.29) is 5.92 Å². The van der Waals surface area contributed by atoms with Crippen LogP contribution in [-0.4, -0.2) is 83.5 Å². The molecular formula is C21H28N4O4. The fourth-order valence-corrected chi connectivity index (χ4v) is 4.12. The van der Waals surface area contributed by atoms with Gasteiger partial charge in [0.1, 0.15) is 12.1 Å². The molecule has 1 aromatic heterocycles. The van der Waals surface area contributed by atoms with Crippen molar-refractivity contribution in [1.29, 1.82) is 0 Å². The average Bonchev–Trinajstić information content (AvgIpc) is 2.77. The van der Waals surface area contributed by atoms with Gasteiger partial charge < -0.3 is 19.5 Å². The van der Waals surface area contributed by atoms with E-state index in [9.17, 15) is 4.79 Å². The lowest BCUT2D eigenvalue weighted by atomic mass is 9.91. The van der Waals surface area contributed by atoms with Crippen LogP contribution in [0.25, 0.3) is 10.9 Å².